The number of esters is 1. The van der Waals surface area contributed by atoms with Crippen molar-refractivity contribution in [3.8, 4) is 6.07 Å². The average Bonchev–Trinajstić information content (AvgIpc) is 2.35. The topological polar surface area (TPSA) is 72.1 Å². The minimum absolute atomic E-state index is 0.171. The van der Waals surface area contributed by atoms with Crippen molar-refractivity contribution >= 4 is 12.0 Å². The Morgan fingerprint density at radius 3 is 3.00 bits per heavy atom. The lowest BCUT2D eigenvalue weighted by Crippen LogP contribution is -2.18. The fourth-order valence-corrected chi connectivity index (χ4v) is 1.23. The van der Waals surface area contributed by atoms with Gasteiger partial charge in [-0.25, -0.2) is 4.79 Å². The summed E-state index contributed by atoms with van der Waals surface area (Å²) in [5, 5.41) is 8.46. The van der Waals surface area contributed by atoms with Gasteiger partial charge in [-0.2, -0.15) is 5.26 Å². The fourth-order valence-electron chi connectivity index (χ4n) is 1.23. The lowest BCUT2D eigenvalue weighted by Gasteiger charge is -2.03. The molecule has 0 amide bonds. The van der Waals surface area contributed by atoms with Crippen molar-refractivity contribution in [2.45, 2.75) is 13.0 Å². The second kappa shape index (κ2) is 6.28. The van der Waals surface area contributed by atoms with Crippen LogP contribution in [0.4, 0.5) is 0 Å². The van der Waals surface area contributed by atoms with Crippen LogP contribution < -0.4 is 5.56 Å². The molecule has 0 aromatic carbocycles. The number of ether oxygens (including phenoxy) is 1. The third-order valence-corrected chi connectivity index (χ3v) is 2.08. The lowest BCUT2D eigenvalue weighted by molar-refractivity contribution is -0.134. The first kappa shape index (κ1) is 12.7. The van der Waals surface area contributed by atoms with E-state index in [4.69, 9.17) is 5.26 Å². The van der Waals surface area contributed by atoms with E-state index in [9.17, 15) is 9.59 Å². The molecule has 0 fully saturated rings. The van der Waals surface area contributed by atoms with Gasteiger partial charge in [0.15, 0.2) is 0 Å². The normalized spacial score (nSPS) is 10.1. The molecule has 88 valence electrons. The van der Waals surface area contributed by atoms with Crippen molar-refractivity contribution in [1.29, 1.82) is 5.26 Å². The van der Waals surface area contributed by atoms with E-state index in [1.807, 2.05) is 6.07 Å². The first-order valence-corrected chi connectivity index (χ1v) is 5.01. The Labute approximate surface area is 98.6 Å². The van der Waals surface area contributed by atoms with Gasteiger partial charge in [0.1, 0.15) is 0 Å². The molecule has 0 aliphatic heterocycles. The van der Waals surface area contributed by atoms with Crippen LogP contribution in [0.25, 0.3) is 6.08 Å². The van der Waals surface area contributed by atoms with Gasteiger partial charge in [0.05, 0.1) is 19.6 Å². The molecule has 17 heavy (non-hydrogen) atoms. The third-order valence-electron chi connectivity index (χ3n) is 2.08. The number of carbonyl (C=O) groups is 1. The third kappa shape index (κ3) is 3.95. The van der Waals surface area contributed by atoms with Crippen LogP contribution >= 0.6 is 0 Å². The Morgan fingerprint density at radius 1 is 1.59 bits per heavy atom. The molecule has 0 atom stereocenters. The summed E-state index contributed by atoms with van der Waals surface area (Å²) in [5.74, 6) is -0.459. The molecule has 5 nitrogen and oxygen atoms in total. The molecule has 0 radical (unpaired) electrons. The minimum atomic E-state index is -0.459. The zero-order valence-electron chi connectivity index (χ0n) is 9.42. The van der Waals surface area contributed by atoms with E-state index in [2.05, 4.69) is 4.74 Å². The van der Waals surface area contributed by atoms with Crippen LogP contribution in [0.1, 0.15) is 12.0 Å². The van der Waals surface area contributed by atoms with E-state index in [0.29, 0.717) is 12.1 Å². The summed E-state index contributed by atoms with van der Waals surface area (Å²) >= 11 is 0. The highest BCUT2D eigenvalue weighted by Crippen LogP contribution is 2.00. The van der Waals surface area contributed by atoms with Crippen molar-refractivity contribution in [2.24, 2.45) is 0 Å². The van der Waals surface area contributed by atoms with E-state index in [1.54, 1.807) is 18.3 Å². The van der Waals surface area contributed by atoms with Gasteiger partial charge < -0.3 is 9.30 Å². The first-order chi connectivity index (χ1) is 8.17. The Morgan fingerprint density at radius 2 is 2.35 bits per heavy atom. The van der Waals surface area contributed by atoms with Gasteiger partial charge in [0, 0.05) is 24.9 Å². The molecular weight excluding hydrogens is 220 g/mol. The second-order valence-electron chi connectivity index (χ2n) is 3.26. The molecule has 0 saturated carbocycles. The first-order valence-electron chi connectivity index (χ1n) is 5.01. The van der Waals surface area contributed by atoms with E-state index >= 15 is 0 Å². The maximum atomic E-state index is 11.4. The van der Waals surface area contributed by atoms with E-state index < -0.39 is 5.97 Å². The summed E-state index contributed by atoms with van der Waals surface area (Å²) in [6.07, 6.45) is 4.69. The largest absolute Gasteiger partial charge is 0.466 e. The molecular formula is C12H12N2O3. The number of aryl methyl sites for hydroxylation is 1. The Bertz CT molecular complexity index is 523. The van der Waals surface area contributed by atoms with Crippen molar-refractivity contribution in [1.82, 2.24) is 4.57 Å². The van der Waals surface area contributed by atoms with Gasteiger partial charge in [-0.05, 0) is 17.7 Å². The van der Waals surface area contributed by atoms with Gasteiger partial charge in [0.25, 0.3) is 5.56 Å². The zero-order valence-corrected chi connectivity index (χ0v) is 9.42. The highest BCUT2D eigenvalue weighted by atomic mass is 16.5. The summed E-state index contributed by atoms with van der Waals surface area (Å²) in [7, 11) is 1.29. The van der Waals surface area contributed by atoms with Gasteiger partial charge in [-0.3, -0.25) is 4.79 Å². The van der Waals surface area contributed by atoms with E-state index in [0.717, 1.165) is 0 Å². The number of methoxy groups -OCH3 is 1. The standard InChI is InChI=1S/C12H12N2O3/c1-17-12(16)6-4-10-3-5-11(15)14(9-10)8-2-7-13/h3-6,9H,2,8H2,1H3/b6-4+. The van der Waals surface area contributed by atoms with Gasteiger partial charge in [0.2, 0.25) is 0 Å². The summed E-state index contributed by atoms with van der Waals surface area (Å²) in [4.78, 5) is 22.3. The number of nitriles is 1. The molecule has 0 aliphatic carbocycles. The predicted molar refractivity (Wildman–Crippen MR) is 62.0 cm³/mol. The van der Waals surface area contributed by atoms with Crippen LogP contribution in [-0.4, -0.2) is 17.6 Å². The molecule has 5 heteroatoms. The van der Waals surface area contributed by atoms with Crippen LogP contribution in [0.5, 0.6) is 0 Å². The molecule has 1 heterocycles. The van der Waals surface area contributed by atoms with Crippen LogP contribution in [0, 0.1) is 11.3 Å². The molecule has 1 rings (SSSR count). The van der Waals surface area contributed by atoms with E-state index in [1.165, 1.54) is 23.8 Å². The van der Waals surface area contributed by atoms with Crippen molar-refractivity contribution in [3.05, 3.63) is 40.3 Å². The number of rotatable bonds is 4. The fraction of sp³-hybridized carbons (Fsp3) is 0.250. The van der Waals surface area contributed by atoms with Crippen molar-refractivity contribution in [2.75, 3.05) is 7.11 Å². The second-order valence-corrected chi connectivity index (χ2v) is 3.26. The Kier molecular flexibility index (Phi) is 4.70. The monoisotopic (exact) mass is 232 g/mol. The molecule has 0 saturated heterocycles. The number of pyridine rings is 1. The zero-order chi connectivity index (χ0) is 12.7. The molecule has 0 aliphatic rings. The number of hydrogen-bond acceptors (Lipinski definition) is 4. The van der Waals surface area contributed by atoms with Gasteiger partial charge in [-0.15, -0.1) is 0 Å². The van der Waals surface area contributed by atoms with Crippen LogP contribution in [0.3, 0.4) is 0 Å². The lowest BCUT2D eigenvalue weighted by atomic mass is 10.2. The molecule has 0 spiro atoms. The van der Waals surface area contributed by atoms with Crippen LogP contribution in [-0.2, 0) is 16.1 Å². The number of hydrogen-bond donors (Lipinski definition) is 0. The van der Waals surface area contributed by atoms with Gasteiger partial charge >= 0.3 is 5.97 Å². The minimum Gasteiger partial charge on any atom is -0.466 e. The summed E-state index contributed by atoms with van der Waals surface area (Å²) in [6.45, 7) is 0.342. The maximum Gasteiger partial charge on any atom is 0.330 e. The maximum absolute atomic E-state index is 11.4. The molecule has 1 aromatic rings. The highest BCUT2D eigenvalue weighted by Gasteiger charge is 1.97. The summed E-state index contributed by atoms with van der Waals surface area (Å²) in [5.41, 5.74) is 0.531. The number of carbonyl (C=O) groups excluding carboxylic acids is 1. The van der Waals surface area contributed by atoms with E-state index in [-0.39, 0.29) is 12.0 Å². The molecule has 0 bridgehead atoms. The van der Waals surface area contributed by atoms with Crippen molar-refractivity contribution in [3.63, 3.8) is 0 Å². The van der Waals surface area contributed by atoms with Crippen LogP contribution in [0.15, 0.2) is 29.2 Å². The van der Waals surface area contributed by atoms with Crippen molar-refractivity contribution < 1.29 is 9.53 Å². The average molecular weight is 232 g/mol. The quantitative estimate of drug-likeness (QED) is 0.572. The highest BCUT2D eigenvalue weighted by molar-refractivity contribution is 5.86. The summed E-state index contributed by atoms with van der Waals surface area (Å²) in [6, 6.07) is 4.97. The van der Waals surface area contributed by atoms with Gasteiger partial charge in [-0.1, -0.05) is 0 Å². The Balaban J connectivity index is 2.89. The SMILES string of the molecule is COC(=O)/C=C/c1ccc(=O)n(CCC#N)c1. The molecule has 1 aromatic heterocycles. The predicted octanol–water partition coefficient (Wildman–Crippen LogP) is 0.948. The summed E-state index contributed by atoms with van der Waals surface area (Å²) < 4.78 is 5.88. The number of aromatic nitrogens is 1. The molecule has 0 unspecified atom stereocenters. The van der Waals surface area contributed by atoms with Crippen LogP contribution in [0.2, 0.25) is 0 Å². The molecule has 0 N–H and O–H groups in total. The number of nitrogens with zero attached hydrogens (tertiary/aromatic N) is 2. The smallest absolute Gasteiger partial charge is 0.330 e. The Hall–Kier alpha value is -2.35.